The predicted octanol–water partition coefficient (Wildman–Crippen LogP) is 1.61. The van der Waals surface area contributed by atoms with Gasteiger partial charge in [0.2, 0.25) is 0 Å². The lowest BCUT2D eigenvalue weighted by Gasteiger charge is -2.38. The largest absolute Gasteiger partial charge is 0.480 e. The Bertz CT molecular complexity index is 575. The molecule has 0 aromatic heterocycles. The highest BCUT2D eigenvalue weighted by atomic mass is 16.4. The van der Waals surface area contributed by atoms with Gasteiger partial charge in [0.1, 0.15) is 6.04 Å². The normalized spacial score (nSPS) is 21.4. The average molecular weight is 289 g/mol. The van der Waals surface area contributed by atoms with Crippen molar-refractivity contribution in [2.75, 3.05) is 36.5 Å². The van der Waals surface area contributed by atoms with Crippen LogP contribution in [0.2, 0.25) is 0 Å². The molecule has 1 aromatic rings. The van der Waals surface area contributed by atoms with Gasteiger partial charge in [0, 0.05) is 26.7 Å². The molecule has 2 heterocycles. The van der Waals surface area contributed by atoms with Crippen molar-refractivity contribution >= 4 is 23.4 Å². The van der Waals surface area contributed by atoms with E-state index in [4.69, 9.17) is 0 Å². The van der Waals surface area contributed by atoms with Gasteiger partial charge in [-0.2, -0.15) is 0 Å². The number of carbonyl (C=O) groups excluding carboxylic acids is 1. The molecule has 21 heavy (non-hydrogen) atoms. The minimum atomic E-state index is -0.914. The minimum Gasteiger partial charge on any atom is -0.480 e. The molecule has 6 nitrogen and oxygen atoms in total. The number of para-hydroxylation sites is 2. The highest BCUT2D eigenvalue weighted by Crippen LogP contribution is 2.33. The highest BCUT2D eigenvalue weighted by Gasteiger charge is 2.38. The van der Waals surface area contributed by atoms with Crippen molar-refractivity contribution in [1.82, 2.24) is 4.90 Å². The Hall–Kier alpha value is -2.24. The third-order valence-corrected chi connectivity index (χ3v) is 4.26. The van der Waals surface area contributed by atoms with Crippen LogP contribution in [0.5, 0.6) is 0 Å². The van der Waals surface area contributed by atoms with Gasteiger partial charge in [0.15, 0.2) is 0 Å². The summed E-state index contributed by atoms with van der Waals surface area (Å²) in [5, 5.41) is 9.25. The van der Waals surface area contributed by atoms with Gasteiger partial charge >= 0.3 is 12.0 Å². The van der Waals surface area contributed by atoms with E-state index in [1.165, 1.54) is 4.90 Å². The van der Waals surface area contributed by atoms with E-state index >= 15 is 0 Å². The number of carboxylic acid groups (broad SMARTS) is 1. The zero-order chi connectivity index (χ0) is 15.0. The quantitative estimate of drug-likeness (QED) is 0.853. The lowest BCUT2D eigenvalue weighted by atomic mass is 10.2. The summed E-state index contributed by atoms with van der Waals surface area (Å²) in [7, 11) is 2.00. The van der Waals surface area contributed by atoms with Crippen LogP contribution >= 0.6 is 0 Å². The number of aliphatic carboxylic acids is 1. The number of hydrogen-bond donors (Lipinski definition) is 1. The van der Waals surface area contributed by atoms with Crippen molar-refractivity contribution in [3.8, 4) is 0 Å². The van der Waals surface area contributed by atoms with Crippen LogP contribution in [-0.2, 0) is 4.79 Å². The van der Waals surface area contributed by atoms with Crippen LogP contribution < -0.4 is 9.80 Å². The number of urea groups is 1. The Balaban J connectivity index is 1.89. The van der Waals surface area contributed by atoms with Crippen molar-refractivity contribution in [3.05, 3.63) is 24.3 Å². The SMILES string of the molecule is CN1CCN(C(=O)N2CCC[C@@H]2C(=O)O)c2ccccc21. The molecule has 1 fully saturated rings. The molecule has 2 aliphatic heterocycles. The van der Waals surface area contributed by atoms with Crippen molar-refractivity contribution < 1.29 is 14.7 Å². The second-order valence-electron chi connectivity index (χ2n) is 5.53. The molecule has 1 saturated heterocycles. The molecule has 1 aromatic carbocycles. The first-order valence-electron chi connectivity index (χ1n) is 7.20. The summed E-state index contributed by atoms with van der Waals surface area (Å²) in [4.78, 5) is 29.3. The Kier molecular flexibility index (Phi) is 3.45. The lowest BCUT2D eigenvalue weighted by Crippen LogP contribution is -2.51. The number of fused-ring (bicyclic) bond motifs is 1. The molecule has 1 atom stereocenters. The van der Waals surface area contributed by atoms with Crippen LogP contribution in [0.4, 0.5) is 16.2 Å². The van der Waals surface area contributed by atoms with Gasteiger partial charge in [-0.05, 0) is 25.0 Å². The lowest BCUT2D eigenvalue weighted by molar-refractivity contribution is -0.141. The molecule has 2 amide bonds. The molecule has 1 N–H and O–H groups in total. The van der Waals surface area contributed by atoms with Gasteiger partial charge < -0.3 is 14.9 Å². The molecular formula is C15H19N3O3. The molecule has 6 heteroatoms. The number of likely N-dealkylation sites (N-methyl/N-ethyl adjacent to an activating group) is 1. The number of nitrogens with zero attached hydrogens (tertiary/aromatic N) is 3. The molecule has 112 valence electrons. The number of carboxylic acids is 1. The van der Waals surface area contributed by atoms with Crippen LogP contribution in [-0.4, -0.2) is 54.7 Å². The standard InChI is InChI=1S/C15H19N3O3/c1-16-9-10-18(12-6-3-2-5-11(12)16)15(21)17-8-4-7-13(17)14(19)20/h2-3,5-6,13H,4,7-10H2,1H3,(H,19,20)/t13-/m1/s1. The van der Waals surface area contributed by atoms with Gasteiger partial charge in [-0.1, -0.05) is 12.1 Å². The number of hydrogen-bond acceptors (Lipinski definition) is 3. The van der Waals surface area contributed by atoms with E-state index < -0.39 is 12.0 Å². The Morgan fingerprint density at radius 3 is 2.57 bits per heavy atom. The van der Waals surface area contributed by atoms with E-state index in [9.17, 15) is 14.7 Å². The second-order valence-corrected chi connectivity index (χ2v) is 5.53. The van der Waals surface area contributed by atoms with Crippen molar-refractivity contribution in [2.45, 2.75) is 18.9 Å². The van der Waals surface area contributed by atoms with Gasteiger partial charge in [-0.15, -0.1) is 0 Å². The predicted molar refractivity (Wildman–Crippen MR) is 79.8 cm³/mol. The molecule has 2 aliphatic rings. The average Bonchev–Trinajstić information content (AvgIpc) is 2.97. The Morgan fingerprint density at radius 2 is 1.86 bits per heavy atom. The number of amides is 2. The molecular weight excluding hydrogens is 270 g/mol. The summed E-state index contributed by atoms with van der Waals surface area (Å²) in [6.07, 6.45) is 1.29. The number of carbonyl (C=O) groups is 2. The minimum absolute atomic E-state index is 0.194. The van der Waals surface area contributed by atoms with Crippen LogP contribution in [0, 0.1) is 0 Å². The van der Waals surface area contributed by atoms with E-state index in [-0.39, 0.29) is 6.03 Å². The summed E-state index contributed by atoms with van der Waals surface area (Å²) in [5.74, 6) is -0.914. The monoisotopic (exact) mass is 289 g/mol. The van der Waals surface area contributed by atoms with Crippen molar-refractivity contribution in [1.29, 1.82) is 0 Å². The molecule has 0 aliphatic carbocycles. The van der Waals surface area contributed by atoms with E-state index in [0.717, 1.165) is 24.3 Å². The van der Waals surface area contributed by atoms with E-state index in [1.807, 2.05) is 31.3 Å². The molecule has 0 saturated carbocycles. The fourth-order valence-electron chi connectivity index (χ4n) is 3.11. The molecule has 3 rings (SSSR count). The number of rotatable bonds is 1. The number of likely N-dealkylation sites (tertiary alicyclic amines) is 1. The van der Waals surface area contributed by atoms with Crippen LogP contribution in [0.3, 0.4) is 0 Å². The van der Waals surface area contributed by atoms with Gasteiger partial charge in [0.05, 0.1) is 11.4 Å². The molecule has 0 radical (unpaired) electrons. The van der Waals surface area contributed by atoms with Crippen LogP contribution in [0.25, 0.3) is 0 Å². The number of anilines is 2. The van der Waals surface area contributed by atoms with Gasteiger partial charge in [-0.3, -0.25) is 4.90 Å². The Morgan fingerprint density at radius 1 is 1.14 bits per heavy atom. The first-order chi connectivity index (χ1) is 10.1. The van der Waals surface area contributed by atoms with Gasteiger partial charge in [0.25, 0.3) is 0 Å². The van der Waals surface area contributed by atoms with Crippen molar-refractivity contribution in [2.24, 2.45) is 0 Å². The zero-order valence-corrected chi connectivity index (χ0v) is 12.0. The maximum absolute atomic E-state index is 12.8. The van der Waals surface area contributed by atoms with Gasteiger partial charge in [-0.25, -0.2) is 9.59 Å². The molecule has 0 spiro atoms. The summed E-state index contributed by atoms with van der Waals surface area (Å²) >= 11 is 0. The molecule has 0 bridgehead atoms. The Labute approximate surface area is 123 Å². The maximum Gasteiger partial charge on any atom is 0.326 e. The first-order valence-corrected chi connectivity index (χ1v) is 7.20. The summed E-state index contributed by atoms with van der Waals surface area (Å²) in [6, 6.07) is 6.85. The van der Waals surface area contributed by atoms with Crippen LogP contribution in [0.15, 0.2) is 24.3 Å². The van der Waals surface area contributed by atoms with E-state index in [0.29, 0.717) is 19.5 Å². The summed E-state index contributed by atoms with van der Waals surface area (Å²) < 4.78 is 0. The topological polar surface area (TPSA) is 64.1 Å². The number of benzene rings is 1. The van der Waals surface area contributed by atoms with E-state index in [1.54, 1.807) is 4.90 Å². The third-order valence-electron chi connectivity index (χ3n) is 4.26. The fraction of sp³-hybridized carbons (Fsp3) is 0.467. The summed E-state index contributed by atoms with van der Waals surface area (Å²) in [5.41, 5.74) is 1.86. The van der Waals surface area contributed by atoms with Crippen molar-refractivity contribution in [3.63, 3.8) is 0 Å². The molecule has 0 unspecified atom stereocenters. The highest BCUT2D eigenvalue weighted by molar-refractivity contribution is 5.98. The summed E-state index contributed by atoms with van der Waals surface area (Å²) in [6.45, 7) is 1.84. The second kappa shape index (κ2) is 5.27. The fourth-order valence-corrected chi connectivity index (χ4v) is 3.11. The third kappa shape index (κ3) is 2.30. The van der Waals surface area contributed by atoms with E-state index in [2.05, 4.69) is 4.90 Å². The first kappa shape index (κ1) is 13.7. The van der Waals surface area contributed by atoms with Crippen LogP contribution in [0.1, 0.15) is 12.8 Å². The smallest absolute Gasteiger partial charge is 0.326 e. The zero-order valence-electron chi connectivity index (χ0n) is 12.0. The maximum atomic E-state index is 12.8.